The monoisotopic (exact) mass is 279 g/mol. The van der Waals surface area contributed by atoms with E-state index in [1.165, 1.54) is 12.1 Å². The Hall–Kier alpha value is -3.20. The van der Waals surface area contributed by atoms with Gasteiger partial charge < -0.3 is 4.98 Å². The molecule has 21 heavy (non-hydrogen) atoms. The van der Waals surface area contributed by atoms with Gasteiger partial charge in [0.2, 0.25) is 5.71 Å². The predicted molar refractivity (Wildman–Crippen MR) is 78.3 cm³/mol. The summed E-state index contributed by atoms with van der Waals surface area (Å²) in [5, 5.41) is 13.1. The highest BCUT2D eigenvalue weighted by Crippen LogP contribution is 2.12. The van der Waals surface area contributed by atoms with Gasteiger partial charge >= 0.3 is 0 Å². The van der Waals surface area contributed by atoms with Crippen LogP contribution in [0.2, 0.25) is 0 Å². The molecular formula is C15H10FN5. The number of benzene rings is 2. The Bertz CT molecular complexity index is 827. The van der Waals surface area contributed by atoms with Gasteiger partial charge in [-0.15, -0.1) is 0 Å². The second-order valence-electron chi connectivity index (χ2n) is 4.30. The van der Waals surface area contributed by atoms with Crippen LogP contribution in [-0.2, 0) is 0 Å². The minimum absolute atomic E-state index is 0.0930. The van der Waals surface area contributed by atoms with E-state index in [1.54, 1.807) is 12.1 Å². The number of anilines is 1. The highest BCUT2D eigenvalue weighted by molar-refractivity contribution is 6.10. The van der Waals surface area contributed by atoms with Gasteiger partial charge in [0, 0.05) is 0 Å². The van der Waals surface area contributed by atoms with Crippen molar-refractivity contribution in [2.75, 3.05) is 5.43 Å². The number of aromatic amines is 1. The number of hydrazone groups is 1. The molecule has 1 heterocycles. The maximum absolute atomic E-state index is 13.1. The lowest BCUT2D eigenvalue weighted by molar-refractivity contribution is 0.628. The Balaban J connectivity index is 1.91. The van der Waals surface area contributed by atoms with Gasteiger partial charge in [0.15, 0.2) is 5.82 Å². The zero-order valence-electron chi connectivity index (χ0n) is 10.8. The number of nitriles is 1. The fourth-order valence-electron chi connectivity index (χ4n) is 1.87. The molecule has 1 aromatic heterocycles. The maximum Gasteiger partial charge on any atom is 0.203 e. The second kappa shape index (κ2) is 5.43. The summed E-state index contributed by atoms with van der Waals surface area (Å²) in [7, 11) is 0. The first-order valence-corrected chi connectivity index (χ1v) is 6.21. The number of hydrogen-bond acceptors (Lipinski definition) is 4. The molecule has 2 N–H and O–H groups in total. The van der Waals surface area contributed by atoms with Crippen LogP contribution >= 0.6 is 0 Å². The minimum atomic E-state index is -0.377. The lowest BCUT2D eigenvalue weighted by atomic mass is 10.3. The van der Waals surface area contributed by atoms with Crippen molar-refractivity contribution in [2.24, 2.45) is 5.10 Å². The van der Waals surface area contributed by atoms with Crippen LogP contribution in [0.4, 0.5) is 10.1 Å². The normalized spacial score (nSPS) is 11.3. The molecule has 0 fully saturated rings. The van der Waals surface area contributed by atoms with Crippen molar-refractivity contribution in [3.63, 3.8) is 0 Å². The molecular weight excluding hydrogens is 269 g/mol. The van der Waals surface area contributed by atoms with Crippen molar-refractivity contribution in [3.8, 4) is 6.07 Å². The Labute approximate surface area is 119 Å². The fourth-order valence-corrected chi connectivity index (χ4v) is 1.87. The number of H-pyrrole nitrogens is 1. The molecule has 3 rings (SSSR count). The molecule has 0 spiro atoms. The Morgan fingerprint density at radius 3 is 2.86 bits per heavy atom. The Kier molecular flexibility index (Phi) is 3.31. The van der Waals surface area contributed by atoms with Crippen molar-refractivity contribution in [3.05, 3.63) is 60.2 Å². The number of hydrogen-bond donors (Lipinski definition) is 2. The molecule has 6 heteroatoms. The minimum Gasteiger partial charge on any atom is -0.336 e. The number of fused-ring (bicyclic) bond motifs is 1. The van der Waals surface area contributed by atoms with Crippen molar-refractivity contribution < 1.29 is 4.39 Å². The van der Waals surface area contributed by atoms with Crippen LogP contribution in [0.15, 0.2) is 53.6 Å². The molecule has 0 saturated heterocycles. The van der Waals surface area contributed by atoms with Gasteiger partial charge in [0.05, 0.1) is 16.7 Å². The van der Waals surface area contributed by atoms with E-state index in [0.29, 0.717) is 11.5 Å². The van der Waals surface area contributed by atoms with Crippen LogP contribution in [0.3, 0.4) is 0 Å². The van der Waals surface area contributed by atoms with E-state index < -0.39 is 0 Å². The smallest absolute Gasteiger partial charge is 0.203 e. The summed E-state index contributed by atoms with van der Waals surface area (Å²) >= 11 is 0. The summed E-state index contributed by atoms with van der Waals surface area (Å²) in [5.41, 5.74) is 4.77. The van der Waals surface area contributed by atoms with E-state index in [2.05, 4.69) is 20.5 Å². The third-order valence-corrected chi connectivity index (χ3v) is 2.84. The highest BCUT2D eigenvalue weighted by atomic mass is 19.1. The van der Waals surface area contributed by atoms with Gasteiger partial charge in [-0.1, -0.05) is 18.2 Å². The van der Waals surface area contributed by atoms with Crippen LogP contribution < -0.4 is 5.43 Å². The first-order valence-electron chi connectivity index (χ1n) is 6.21. The lowest BCUT2D eigenvalue weighted by Crippen LogP contribution is -2.04. The number of rotatable bonds is 3. The molecule has 0 saturated carbocycles. The second-order valence-corrected chi connectivity index (χ2v) is 4.30. The van der Waals surface area contributed by atoms with Gasteiger partial charge in [0.1, 0.15) is 11.9 Å². The molecule has 0 aliphatic carbocycles. The van der Waals surface area contributed by atoms with Gasteiger partial charge in [-0.3, -0.25) is 5.43 Å². The number of nitrogens with one attached hydrogen (secondary N) is 2. The molecule has 102 valence electrons. The van der Waals surface area contributed by atoms with Gasteiger partial charge in [-0.25, -0.2) is 9.37 Å². The van der Waals surface area contributed by atoms with E-state index in [-0.39, 0.29) is 11.5 Å². The quantitative estimate of drug-likeness (QED) is 0.571. The number of imidazole rings is 1. The van der Waals surface area contributed by atoms with Crippen LogP contribution in [-0.4, -0.2) is 15.7 Å². The molecule has 0 atom stereocenters. The molecule has 0 bridgehead atoms. The summed E-state index contributed by atoms with van der Waals surface area (Å²) in [6, 6.07) is 15.2. The maximum atomic E-state index is 13.1. The van der Waals surface area contributed by atoms with E-state index in [0.717, 1.165) is 11.0 Å². The molecule has 0 aliphatic rings. The number of aromatic nitrogens is 2. The SMILES string of the molecule is N#C/C(=N/Nc1cccc(F)c1)c1nc2ccccc2[nH]1. The van der Waals surface area contributed by atoms with Crippen LogP contribution in [0.25, 0.3) is 11.0 Å². The fraction of sp³-hybridized carbons (Fsp3) is 0. The summed E-state index contributed by atoms with van der Waals surface area (Å²) in [6.07, 6.45) is 0. The summed E-state index contributed by atoms with van der Waals surface area (Å²) in [4.78, 5) is 7.31. The van der Waals surface area contributed by atoms with Crippen LogP contribution in [0.1, 0.15) is 5.82 Å². The topological polar surface area (TPSA) is 76.9 Å². The van der Waals surface area contributed by atoms with Gasteiger partial charge in [-0.05, 0) is 30.3 Å². The number of halogens is 1. The summed E-state index contributed by atoms with van der Waals surface area (Å²) in [5.74, 6) is -0.0138. The predicted octanol–water partition coefficient (Wildman–Crippen LogP) is 3.04. The standard InChI is InChI=1S/C15H10FN5/c16-10-4-3-5-11(8-10)20-21-14(9-17)15-18-12-6-1-2-7-13(12)19-15/h1-8,20H,(H,18,19)/b21-14-. The van der Waals surface area contributed by atoms with E-state index in [4.69, 9.17) is 0 Å². The first-order chi connectivity index (χ1) is 10.3. The number of para-hydroxylation sites is 2. The molecule has 3 aromatic rings. The van der Waals surface area contributed by atoms with E-state index in [1.807, 2.05) is 30.3 Å². The Morgan fingerprint density at radius 1 is 1.24 bits per heavy atom. The van der Waals surface area contributed by atoms with Crippen molar-refractivity contribution in [1.29, 1.82) is 5.26 Å². The molecule has 0 radical (unpaired) electrons. The largest absolute Gasteiger partial charge is 0.336 e. The van der Waals surface area contributed by atoms with Crippen LogP contribution in [0.5, 0.6) is 0 Å². The van der Waals surface area contributed by atoms with E-state index in [9.17, 15) is 9.65 Å². The third-order valence-electron chi connectivity index (χ3n) is 2.84. The lowest BCUT2D eigenvalue weighted by Gasteiger charge is -2.00. The van der Waals surface area contributed by atoms with Gasteiger partial charge in [0.25, 0.3) is 0 Å². The van der Waals surface area contributed by atoms with Crippen LogP contribution in [0, 0.1) is 17.1 Å². The average molecular weight is 279 g/mol. The third kappa shape index (κ3) is 2.72. The molecule has 5 nitrogen and oxygen atoms in total. The molecule has 0 amide bonds. The van der Waals surface area contributed by atoms with Crippen molar-refractivity contribution >= 4 is 22.4 Å². The molecule has 0 unspecified atom stereocenters. The Morgan fingerprint density at radius 2 is 2.10 bits per heavy atom. The van der Waals surface area contributed by atoms with Crippen molar-refractivity contribution in [1.82, 2.24) is 9.97 Å². The highest BCUT2D eigenvalue weighted by Gasteiger charge is 2.09. The number of nitrogens with zero attached hydrogens (tertiary/aromatic N) is 3. The zero-order chi connectivity index (χ0) is 14.7. The average Bonchev–Trinajstić information content (AvgIpc) is 2.91. The first kappa shape index (κ1) is 12.8. The summed E-state index contributed by atoms with van der Waals surface area (Å²) in [6.45, 7) is 0. The molecule has 0 aliphatic heterocycles. The summed E-state index contributed by atoms with van der Waals surface area (Å²) < 4.78 is 13.1. The van der Waals surface area contributed by atoms with Gasteiger partial charge in [-0.2, -0.15) is 10.4 Å². The zero-order valence-corrected chi connectivity index (χ0v) is 10.8. The molecule has 2 aromatic carbocycles. The van der Waals surface area contributed by atoms with E-state index >= 15 is 0 Å². The van der Waals surface area contributed by atoms with Crippen molar-refractivity contribution in [2.45, 2.75) is 0 Å².